The molecule has 0 radical (unpaired) electrons. The van der Waals surface area contributed by atoms with Gasteiger partial charge < -0.3 is 10.3 Å². The molecular formula is C14H14N4O. The molecule has 1 aromatic carbocycles. The molecule has 19 heavy (non-hydrogen) atoms. The van der Waals surface area contributed by atoms with Crippen LogP contribution in [0.3, 0.4) is 0 Å². The molecule has 0 aliphatic carbocycles. The Morgan fingerprint density at radius 3 is 2.74 bits per heavy atom. The first kappa shape index (κ1) is 11.7. The quantitative estimate of drug-likeness (QED) is 0.763. The number of nitrogens with two attached hydrogens (primary N) is 1. The monoisotopic (exact) mass is 254 g/mol. The highest BCUT2D eigenvalue weighted by atomic mass is 16.1. The zero-order chi connectivity index (χ0) is 13.2. The average molecular weight is 254 g/mol. The van der Waals surface area contributed by atoms with Crippen molar-refractivity contribution in [2.24, 2.45) is 5.73 Å². The Morgan fingerprint density at radius 2 is 1.95 bits per heavy atom. The third-order valence-corrected chi connectivity index (χ3v) is 3.16. The largest absolute Gasteiger partial charge is 0.322 e. The maximum absolute atomic E-state index is 12.2. The van der Waals surface area contributed by atoms with Crippen LogP contribution in [0.1, 0.15) is 11.6 Å². The Bertz CT molecular complexity index is 745. The van der Waals surface area contributed by atoms with Gasteiger partial charge in [0, 0.05) is 25.0 Å². The van der Waals surface area contributed by atoms with Crippen LogP contribution in [0.25, 0.3) is 5.52 Å². The van der Waals surface area contributed by atoms with Gasteiger partial charge in [-0.25, -0.2) is 4.52 Å². The SMILES string of the molecule is NC(Cn1ccn2nccc2c1=O)c1ccccc1. The molecule has 5 nitrogen and oxygen atoms in total. The Labute approximate surface area is 109 Å². The maximum Gasteiger partial charge on any atom is 0.276 e. The molecule has 0 spiro atoms. The smallest absolute Gasteiger partial charge is 0.276 e. The Kier molecular flexibility index (Phi) is 2.89. The molecule has 0 amide bonds. The third-order valence-electron chi connectivity index (χ3n) is 3.16. The molecule has 2 N–H and O–H groups in total. The molecule has 0 saturated carbocycles. The van der Waals surface area contributed by atoms with E-state index in [1.807, 2.05) is 30.3 Å². The predicted octanol–water partition coefficient (Wildman–Crippen LogP) is 1.20. The van der Waals surface area contributed by atoms with Crippen LogP contribution in [-0.4, -0.2) is 14.2 Å². The van der Waals surface area contributed by atoms with Crippen molar-refractivity contribution in [3.63, 3.8) is 0 Å². The van der Waals surface area contributed by atoms with E-state index in [0.29, 0.717) is 12.1 Å². The molecular weight excluding hydrogens is 240 g/mol. The van der Waals surface area contributed by atoms with E-state index in [1.54, 1.807) is 33.7 Å². The summed E-state index contributed by atoms with van der Waals surface area (Å²) in [6.45, 7) is 0.449. The molecule has 2 heterocycles. The number of nitrogens with zero attached hydrogens (tertiary/aromatic N) is 3. The molecule has 1 atom stereocenters. The molecule has 5 heteroatoms. The van der Waals surface area contributed by atoms with Crippen molar-refractivity contribution in [1.82, 2.24) is 14.2 Å². The molecule has 0 aliphatic heterocycles. The lowest BCUT2D eigenvalue weighted by atomic mass is 10.1. The molecule has 0 bridgehead atoms. The fourth-order valence-corrected chi connectivity index (χ4v) is 2.12. The standard InChI is InChI=1S/C14H14N4O/c15-12(11-4-2-1-3-5-11)10-17-8-9-18-13(14(17)19)6-7-16-18/h1-9,12H,10,15H2. The normalized spacial score (nSPS) is 12.7. The highest BCUT2D eigenvalue weighted by Crippen LogP contribution is 2.11. The zero-order valence-corrected chi connectivity index (χ0v) is 10.3. The first-order valence-electron chi connectivity index (χ1n) is 6.09. The van der Waals surface area contributed by atoms with Gasteiger partial charge in [0.05, 0.1) is 6.20 Å². The van der Waals surface area contributed by atoms with E-state index in [4.69, 9.17) is 5.73 Å². The number of hydrogen-bond acceptors (Lipinski definition) is 3. The zero-order valence-electron chi connectivity index (χ0n) is 10.3. The van der Waals surface area contributed by atoms with E-state index in [2.05, 4.69) is 5.10 Å². The first-order chi connectivity index (χ1) is 9.25. The molecule has 0 aliphatic rings. The number of fused-ring (bicyclic) bond motifs is 1. The molecule has 3 rings (SSSR count). The molecule has 0 fully saturated rings. The van der Waals surface area contributed by atoms with Crippen LogP contribution < -0.4 is 11.3 Å². The van der Waals surface area contributed by atoms with Gasteiger partial charge in [-0.3, -0.25) is 4.79 Å². The summed E-state index contributed by atoms with van der Waals surface area (Å²) in [5, 5.41) is 4.03. The van der Waals surface area contributed by atoms with Crippen molar-refractivity contribution in [3.05, 3.63) is 70.9 Å². The van der Waals surface area contributed by atoms with Crippen molar-refractivity contribution in [3.8, 4) is 0 Å². The van der Waals surface area contributed by atoms with E-state index in [-0.39, 0.29) is 11.6 Å². The lowest BCUT2D eigenvalue weighted by Crippen LogP contribution is -2.27. The molecule has 2 aromatic heterocycles. The second-order valence-electron chi connectivity index (χ2n) is 4.43. The second-order valence-corrected chi connectivity index (χ2v) is 4.43. The Hall–Kier alpha value is -2.40. The Morgan fingerprint density at radius 1 is 1.16 bits per heavy atom. The van der Waals surface area contributed by atoms with Crippen molar-refractivity contribution in [2.45, 2.75) is 12.6 Å². The summed E-state index contributed by atoms with van der Waals surface area (Å²) in [5.41, 5.74) is 7.63. The topological polar surface area (TPSA) is 65.3 Å². The van der Waals surface area contributed by atoms with Gasteiger partial charge in [-0.2, -0.15) is 5.10 Å². The highest BCUT2D eigenvalue weighted by Gasteiger charge is 2.09. The van der Waals surface area contributed by atoms with Gasteiger partial charge in [-0.15, -0.1) is 0 Å². The maximum atomic E-state index is 12.2. The van der Waals surface area contributed by atoms with E-state index < -0.39 is 0 Å². The first-order valence-corrected chi connectivity index (χ1v) is 6.09. The van der Waals surface area contributed by atoms with Crippen LogP contribution >= 0.6 is 0 Å². The fraction of sp³-hybridized carbons (Fsp3) is 0.143. The number of benzene rings is 1. The van der Waals surface area contributed by atoms with Gasteiger partial charge in [0.15, 0.2) is 0 Å². The summed E-state index contributed by atoms with van der Waals surface area (Å²) in [7, 11) is 0. The molecule has 1 unspecified atom stereocenters. The lowest BCUT2D eigenvalue weighted by molar-refractivity contribution is 0.559. The Balaban J connectivity index is 1.93. The summed E-state index contributed by atoms with van der Waals surface area (Å²) in [5.74, 6) is 0. The van der Waals surface area contributed by atoms with Crippen LogP contribution in [0.2, 0.25) is 0 Å². The summed E-state index contributed by atoms with van der Waals surface area (Å²) in [6, 6.07) is 11.3. The van der Waals surface area contributed by atoms with Crippen LogP contribution in [-0.2, 0) is 6.54 Å². The molecule has 96 valence electrons. The van der Waals surface area contributed by atoms with Gasteiger partial charge in [0.1, 0.15) is 5.52 Å². The van der Waals surface area contributed by atoms with Gasteiger partial charge in [-0.1, -0.05) is 30.3 Å². The highest BCUT2D eigenvalue weighted by molar-refractivity contribution is 5.42. The second kappa shape index (κ2) is 4.70. The van der Waals surface area contributed by atoms with Crippen LogP contribution in [0.5, 0.6) is 0 Å². The van der Waals surface area contributed by atoms with Crippen molar-refractivity contribution in [2.75, 3.05) is 0 Å². The minimum atomic E-state index is -0.204. The molecule has 3 aromatic rings. The summed E-state index contributed by atoms with van der Waals surface area (Å²) in [6.07, 6.45) is 5.08. The minimum absolute atomic E-state index is 0.0774. The number of hydrogen-bond donors (Lipinski definition) is 1. The summed E-state index contributed by atoms with van der Waals surface area (Å²) >= 11 is 0. The van der Waals surface area contributed by atoms with Crippen molar-refractivity contribution >= 4 is 5.52 Å². The van der Waals surface area contributed by atoms with Crippen molar-refractivity contribution in [1.29, 1.82) is 0 Å². The predicted molar refractivity (Wildman–Crippen MR) is 72.8 cm³/mol. The van der Waals surface area contributed by atoms with E-state index >= 15 is 0 Å². The van der Waals surface area contributed by atoms with Gasteiger partial charge in [0.25, 0.3) is 5.56 Å². The van der Waals surface area contributed by atoms with Crippen LogP contribution in [0, 0.1) is 0 Å². The fourth-order valence-electron chi connectivity index (χ4n) is 2.12. The average Bonchev–Trinajstić information content (AvgIpc) is 2.92. The van der Waals surface area contributed by atoms with Crippen LogP contribution in [0.4, 0.5) is 0 Å². The summed E-state index contributed by atoms with van der Waals surface area (Å²) in [4.78, 5) is 12.2. The minimum Gasteiger partial charge on any atom is -0.322 e. The van der Waals surface area contributed by atoms with E-state index in [9.17, 15) is 4.79 Å². The van der Waals surface area contributed by atoms with Crippen molar-refractivity contribution < 1.29 is 0 Å². The van der Waals surface area contributed by atoms with Gasteiger partial charge in [0.2, 0.25) is 0 Å². The number of rotatable bonds is 3. The van der Waals surface area contributed by atoms with Crippen LogP contribution in [0.15, 0.2) is 59.8 Å². The van der Waals surface area contributed by atoms with Gasteiger partial charge >= 0.3 is 0 Å². The summed E-state index contributed by atoms with van der Waals surface area (Å²) < 4.78 is 3.18. The lowest BCUT2D eigenvalue weighted by Gasteiger charge is -2.13. The van der Waals surface area contributed by atoms with E-state index in [0.717, 1.165) is 5.56 Å². The van der Waals surface area contributed by atoms with Gasteiger partial charge in [-0.05, 0) is 11.6 Å². The number of aromatic nitrogens is 3. The van der Waals surface area contributed by atoms with E-state index in [1.165, 1.54) is 0 Å². The third kappa shape index (κ3) is 2.15. The molecule has 0 saturated heterocycles.